The molecule has 17 heavy (non-hydrogen) atoms. The van der Waals surface area contributed by atoms with Crippen LogP contribution in [0.15, 0.2) is 0 Å². The summed E-state index contributed by atoms with van der Waals surface area (Å²) in [4.78, 5) is 11.1. The first kappa shape index (κ1) is 14.4. The standard InChI is InChI=1S/C12H23NO4/c1-4-15-11(14)6-5-7-13-10-8-16-12(2,3)17-9-10/h10,13H,4-9H2,1-3H3. The molecular weight excluding hydrogens is 222 g/mol. The molecule has 1 aliphatic heterocycles. The maximum Gasteiger partial charge on any atom is 0.305 e. The highest BCUT2D eigenvalue weighted by Crippen LogP contribution is 2.16. The van der Waals surface area contributed by atoms with E-state index in [1.807, 2.05) is 20.8 Å². The van der Waals surface area contributed by atoms with Crippen molar-refractivity contribution in [3.8, 4) is 0 Å². The van der Waals surface area contributed by atoms with Crippen molar-refractivity contribution < 1.29 is 19.0 Å². The van der Waals surface area contributed by atoms with Crippen LogP contribution in [0.2, 0.25) is 0 Å². The average molecular weight is 245 g/mol. The normalized spacial score (nSPS) is 20.2. The maximum absolute atomic E-state index is 11.1. The first-order valence-corrected chi connectivity index (χ1v) is 6.20. The molecule has 0 bridgehead atoms. The van der Waals surface area contributed by atoms with Gasteiger partial charge in [0, 0.05) is 6.42 Å². The summed E-state index contributed by atoms with van der Waals surface area (Å²) in [5, 5.41) is 3.30. The number of hydrogen-bond acceptors (Lipinski definition) is 5. The van der Waals surface area contributed by atoms with Gasteiger partial charge >= 0.3 is 5.97 Å². The lowest BCUT2D eigenvalue weighted by Gasteiger charge is -2.35. The molecule has 1 saturated heterocycles. The number of ether oxygens (including phenoxy) is 3. The molecule has 0 spiro atoms. The minimum Gasteiger partial charge on any atom is -0.466 e. The molecule has 5 heteroatoms. The van der Waals surface area contributed by atoms with E-state index in [0.717, 1.165) is 13.0 Å². The van der Waals surface area contributed by atoms with Crippen LogP contribution in [-0.2, 0) is 19.0 Å². The predicted molar refractivity (Wildman–Crippen MR) is 63.6 cm³/mol. The fourth-order valence-corrected chi connectivity index (χ4v) is 1.58. The third kappa shape index (κ3) is 6.00. The molecule has 0 aromatic rings. The Bertz CT molecular complexity index is 233. The molecule has 5 nitrogen and oxygen atoms in total. The number of hydrogen-bond donors (Lipinski definition) is 1. The zero-order valence-corrected chi connectivity index (χ0v) is 11.0. The van der Waals surface area contributed by atoms with Crippen LogP contribution >= 0.6 is 0 Å². The Morgan fingerprint density at radius 1 is 1.41 bits per heavy atom. The Morgan fingerprint density at radius 3 is 2.65 bits per heavy atom. The minimum absolute atomic E-state index is 0.133. The van der Waals surface area contributed by atoms with Crippen LogP contribution in [0.3, 0.4) is 0 Å². The molecule has 1 N–H and O–H groups in total. The van der Waals surface area contributed by atoms with E-state index >= 15 is 0 Å². The van der Waals surface area contributed by atoms with Gasteiger partial charge in [0.2, 0.25) is 0 Å². The van der Waals surface area contributed by atoms with Crippen molar-refractivity contribution in [3.05, 3.63) is 0 Å². The first-order valence-electron chi connectivity index (χ1n) is 6.20. The summed E-state index contributed by atoms with van der Waals surface area (Å²) in [5.74, 6) is -0.602. The summed E-state index contributed by atoms with van der Waals surface area (Å²) >= 11 is 0. The highest BCUT2D eigenvalue weighted by Gasteiger charge is 2.27. The Morgan fingerprint density at radius 2 is 2.06 bits per heavy atom. The second-order valence-corrected chi connectivity index (χ2v) is 4.58. The number of carbonyl (C=O) groups excluding carboxylic acids is 1. The minimum atomic E-state index is -0.469. The molecule has 1 fully saturated rings. The lowest BCUT2D eigenvalue weighted by molar-refractivity contribution is -0.252. The maximum atomic E-state index is 11.1. The molecule has 0 aromatic heterocycles. The molecular formula is C12H23NO4. The van der Waals surface area contributed by atoms with E-state index in [9.17, 15) is 4.79 Å². The smallest absolute Gasteiger partial charge is 0.305 e. The Balaban J connectivity index is 2.02. The van der Waals surface area contributed by atoms with Gasteiger partial charge in [-0.15, -0.1) is 0 Å². The summed E-state index contributed by atoms with van der Waals surface area (Å²) in [7, 11) is 0. The van der Waals surface area contributed by atoms with E-state index < -0.39 is 5.79 Å². The van der Waals surface area contributed by atoms with Gasteiger partial charge in [-0.1, -0.05) is 0 Å². The zero-order valence-electron chi connectivity index (χ0n) is 11.0. The van der Waals surface area contributed by atoms with Crippen LogP contribution in [0.4, 0.5) is 0 Å². The van der Waals surface area contributed by atoms with E-state index in [1.54, 1.807) is 0 Å². The van der Waals surface area contributed by atoms with Gasteiger partial charge in [0.25, 0.3) is 0 Å². The lowest BCUT2D eigenvalue weighted by atomic mass is 10.2. The van der Waals surface area contributed by atoms with E-state index in [0.29, 0.717) is 26.2 Å². The Kier molecular flexibility index (Phi) is 5.88. The van der Waals surface area contributed by atoms with Gasteiger partial charge in [-0.25, -0.2) is 0 Å². The van der Waals surface area contributed by atoms with Crippen LogP contribution in [0.25, 0.3) is 0 Å². The highest BCUT2D eigenvalue weighted by atomic mass is 16.7. The average Bonchev–Trinajstić information content (AvgIpc) is 2.27. The lowest BCUT2D eigenvalue weighted by Crippen LogP contribution is -2.48. The number of carbonyl (C=O) groups is 1. The van der Waals surface area contributed by atoms with Gasteiger partial charge in [-0.05, 0) is 33.7 Å². The fraction of sp³-hybridized carbons (Fsp3) is 0.917. The molecule has 0 radical (unpaired) electrons. The SMILES string of the molecule is CCOC(=O)CCCNC1COC(C)(C)OC1. The van der Waals surface area contributed by atoms with Crippen molar-refractivity contribution in [2.45, 2.75) is 45.4 Å². The molecule has 0 aliphatic carbocycles. The van der Waals surface area contributed by atoms with Gasteiger partial charge in [0.15, 0.2) is 5.79 Å². The largest absolute Gasteiger partial charge is 0.466 e. The van der Waals surface area contributed by atoms with Crippen molar-refractivity contribution in [1.29, 1.82) is 0 Å². The topological polar surface area (TPSA) is 56.8 Å². The van der Waals surface area contributed by atoms with Crippen LogP contribution in [0, 0.1) is 0 Å². The summed E-state index contributed by atoms with van der Waals surface area (Å²) < 4.78 is 15.9. The molecule has 0 saturated carbocycles. The van der Waals surface area contributed by atoms with Crippen LogP contribution in [0.5, 0.6) is 0 Å². The van der Waals surface area contributed by atoms with E-state index in [2.05, 4.69) is 5.32 Å². The molecule has 0 amide bonds. The number of nitrogens with one attached hydrogen (secondary N) is 1. The molecule has 1 rings (SSSR count). The van der Waals surface area contributed by atoms with Gasteiger partial charge < -0.3 is 19.5 Å². The quantitative estimate of drug-likeness (QED) is 0.560. The third-order valence-electron chi connectivity index (χ3n) is 2.56. The van der Waals surface area contributed by atoms with E-state index in [1.165, 1.54) is 0 Å². The Labute approximate surface area is 103 Å². The molecule has 100 valence electrons. The number of rotatable bonds is 6. The number of esters is 1. The summed E-state index contributed by atoms with van der Waals surface area (Å²) in [6, 6.07) is 0.213. The van der Waals surface area contributed by atoms with Crippen molar-refractivity contribution in [3.63, 3.8) is 0 Å². The highest BCUT2D eigenvalue weighted by molar-refractivity contribution is 5.69. The zero-order chi connectivity index (χ0) is 12.7. The van der Waals surface area contributed by atoms with Gasteiger partial charge in [0.05, 0.1) is 25.9 Å². The van der Waals surface area contributed by atoms with Crippen molar-refractivity contribution >= 4 is 5.97 Å². The fourth-order valence-electron chi connectivity index (χ4n) is 1.58. The molecule has 0 aromatic carbocycles. The predicted octanol–water partition coefficient (Wildman–Crippen LogP) is 1.07. The molecule has 0 unspecified atom stereocenters. The monoisotopic (exact) mass is 245 g/mol. The Hall–Kier alpha value is -0.650. The van der Waals surface area contributed by atoms with E-state index in [4.69, 9.17) is 14.2 Å². The summed E-state index contributed by atoms with van der Waals surface area (Å²) in [6.45, 7) is 8.14. The van der Waals surface area contributed by atoms with Crippen LogP contribution in [-0.4, -0.2) is 44.2 Å². The van der Waals surface area contributed by atoms with Crippen molar-refractivity contribution in [2.24, 2.45) is 0 Å². The van der Waals surface area contributed by atoms with Crippen LogP contribution < -0.4 is 5.32 Å². The van der Waals surface area contributed by atoms with Crippen LogP contribution in [0.1, 0.15) is 33.6 Å². The van der Waals surface area contributed by atoms with Crippen molar-refractivity contribution in [1.82, 2.24) is 5.32 Å². The molecule has 0 atom stereocenters. The second-order valence-electron chi connectivity index (χ2n) is 4.58. The van der Waals surface area contributed by atoms with Crippen molar-refractivity contribution in [2.75, 3.05) is 26.4 Å². The van der Waals surface area contributed by atoms with Gasteiger partial charge in [-0.3, -0.25) is 4.79 Å². The summed E-state index contributed by atoms with van der Waals surface area (Å²) in [6.07, 6.45) is 1.24. The molecule has 1 aliphatic rings. The van der Waals surface area contributed by atoms with Gasteiger partial charge in [0.1, 0.15) is 0 Å². The van der Waals surface area contributed by atoms with E-state index in [-0.39, 0.29) is 12.0 Å². The first-order chi connectivity index (χ1) is 8.03. The summed E-state index contributed by atoms with van der Waals surface area (Å²) in [5.41, 5.74) is 0. The second kappa shape index (κ2) is 6.93. The molecule has 1 heterocycles. The van der Waals surface area contributed by atoms with Gasteiger partial charge in [-0.2, -0.15) is 0 Å². The third-order valence-corrected chi connectivity index (χ3v) is 2.56.